The number of hydrogen-bond donors (Lipinski definition) is 1. The van der Waals surface area contributed by atoms with Crippen molar-refractivity contribution in [2.45, 2.75) is 18.7 Å². The van der Waals surface area contributed by atoms with Crippen molar-refractivity contribution in [2.24, 2.45) is 0 Å². The van der Waals surface area contributed by atoms with Gasteiger partial charge in [0.05, 0.1) is 17.2 Å². The Morgan fingerprint density at radius 1 is 1.09 bits per heavy atom. The van der Waals surface area contributed by atoms with Gasteiger partial charge in [-0.05, 0) is 38.1 Å². The first kappa shape index (κ1) is 16.2. The van der Waals surface area contributed by atoms with Gasteiger partial charge in [-0.25, -0.2) is 17.2 Å². The SMILES string of the molecule is CCOc1c(F)ccc(NS(=O)(=O)c2ccc(C)cc2)c1F. The van der Waals surface area contributed by atoms with E-state index in [2.05, 4.69) is 4.72 Å². The Morgan fingerprint density at radius 3 is 2.32 bits per heavy atom. The molecule has 0 aliphatic rings. The third-order valence-corrected chi connectivity index (χ3v) is 4.29. The van der Waals surface area contributed by atoms with Gasteiger partial charge in [0.15, 0.2) is 17.4 Å². The van der Waals surface area contributed by atoms with Gasteiger partial charge in [-0.2, -0.15) is 0 Å². The molecule has 0 saturated heterocycles. The molecule has 4 nitrogen and oxygen atoms in total. The number of nitrogens with one attached hydrogen (secondary N) is 1. The molecule has 0 radical (unpaired) electrons. The summed E-state index contributed by atoms with van der Waals surface area (Å²) in [4.78, 5) is -0.0141. The van der Waals surface area contributed by atoms with Crippen molar-refractivity contribution >= 4 is 15.7 Å². The van der Waals surface area contributed by atoms with Gasteiger partial charge in [0, 0.05) is 0 Å². The second-order valence-electron chi connectivity index (χ2n) is 4.59. The van der Waals surface area contributed by atoms with E-state index in [1.54, 1.807) is 19.1 Å². The van der Waals surface area contributed by atoms with Crippen LogP contribution in [-0.4, -0.2) is 15.0 Å². The van der Waals surface area contributed by atoms with Crippen LogP contribution in [0.5, 0.6) is 5.75 Å². The van der Waals surface area contributed by atoms with Gasteiger partial charge in [0.25, 0.3) is 10.0 Å². The van der Waals surface area contributed by atoms with Crippen LogP contribution in [0.4, 0.5) is 14.5 Å². The van der Waals surface area contributed by atoms with Crippen molar-refractivity contribution in [2.75, 3.05) is 11.3 Å². The molecule has 0 heterocycles. The first-order valence-electron chi connectivity index (χ1n) is 6.55. The number of anilines is 1. The van der Waals surface area contributed by atoms with Crippen molar-refractivity contribution in [3.8, 4) is 5.75 Å². The Balaban J connectivity index is 2.38. The Kier molecular flexibility index (Phi) is 4.65. The third-order valence-electron chi connectivity index (χ3n) is 2.91. The minimum atomic E-state index is -3.97. The molecule has 0 unspecified atom stereocenters. The van der Waals surface area contributed by atoms with E-state index < -0.39 is 27.4 Å². The highest BCUT2D eigenvalue weighted by Crippen LogP contribution is 2.29. The van der Waals surface area contributed by atoms with E-state index in [1.807, 2.05) is 6.92 Å². The molecule has 0 saturated carbocycles. The molecular weight excluding hydrogens is 312 g/mol. The second kappa shape index (κ2) is 6.31. The van der Waals surface area contributed by atoms with Crippen molar-refractivity contribution in [3.63, 3.8) is 0 Å². The van der Waals surface area contributed by atoms with Crippen LogP contribution in [0.25, 0.3) is 0 Å². The monoisotopic (exact) mass is 327 g/mol. The summed E-state index contributed by atoms with van der Waals surface area (Å²) in [5.41, 5.74) is 0.524. The largest absolute Gasteiger partial charge is 0.488 e. The lowest BCUT2D eigenvalue weighted by molar-refractivity contribution is 0.303. The molecule has 2 aromatic rings. The van der Waals surface area contributed by atoms with E-state index >= 15 is 0 Å². The normalized spacial score (nSPS) is 11.3. The average Bonchev–Trinajstić information content (AvgIpc) is 2.47. The van der Waals surface area contributed by atoms with Gasteiger partial charge >= 0.3 is 0 Å². The van der Waals surface area contributed by atoms with E-state index in [0.717, 1.165) is 17.7 Å². The van der Waals surface area contributed by atoms with Crippen molar-refractivity contribution in [3.05, 3.63) is 53.6 Å². The molecule has 0 spiro atoms. The summed E-state index contributed by atoms with van der Waals surface area (Å²) in [6, 6.07) is 8.02. The number of hydrogen-bond acceptors (Lipinski definition) is 3. The van der Waals surface area contributed by atoms with E-state index in [0.29, 0.717) is 0 Å². The van der Waals surface area contributed by atoms with Gasteiger partial charge in [0.1, 0.15) is 0 Å². The Hall–Kier alpha value is -2.15. The fourth-order valence-electron chi connectivity index (χ4n) is 1.81. The highest BCUT2D eigenvalue weighted by molar-refractivity contribution is 7.92. The summed E-state index contributed by atoms with van der Waals surface area (Å²) in [5.74, 6) is -2.58. The van der Waals surface area contributed by atoms with Crippen LogP contribution in [0, 0.1) is 18.6 Å². The summed E-state index contributed by atoms with van der Waals surface area (Å²) < 4.78 is 59.0. The molecule has 0 aromatic heterocycles. The lowest BCUT2D eigenvalue weighted by atomic mass is 10.2. The zero-order valence-corrected chi connectivity index (χ0v) is 12.9. The van der Waals surface area contributed by atoms with E-state index in [-0.39, 0.29) is 17.2 Å². The summed E-state index contributed by atoms with van der Waals surface area (Å²) in [6.45, 7) is 3.45. The third kappa shape index (κ3) is 3.36. The maximum absolute atomic E-state index is 14.1. The predicted octanol–water partition coefficient (Wildman–Crippen LogP) is 3.47. The zero-order valence-electron chi connectivity index (χ0n) is 12.1. The van der Waals surface area contributed by atoms with Crippen LogP contribution in [0.1, 0.15) is 12.5 Å². The van der Waals surface area contributed by atoms with Gasteiger partial charge in [-0.3, -0.25) is 4.72 Å². The molecule has 0 fully saturated rings. The molecule has 0 bridgehead atoms. The highest BCUT2D eigenvalue weighted by Gasteiger charge is 2.20. The number of aryl methyl sites for hydroxylation is 1. The molecule has 2 aromatic carbocycles. The highest BCUT2D eigenvalue weighted by atomic mass is 32.2. The summed E-state index contributed by atoms with van der Waals surface area (Å²) >= 11 is 0. The number of benzene rings is 2. The van der Waals surface area contributed by atoms with Crippen LogP contribution >= 0.6 is 0 Å². The standard InChI is InChI=1S/C15H15F2NO3S/c1-3-21-15-12(16)8-9-13(14(15)17)18-22(19,20)11-6-4-10(2)5-7-11/h4-9,18H,3H2,1-2H3. The van der Waals surface area contributed by atoms with Crippen LogP contribution < -0.4 is 9.46 Å². The van der Waals surface area contributed by atoms with Gasteiger partial charge in [0.2, 0.25) is 0 Å². The quantitative estimate of drug-likeness (QED) is 0.915. The van der Waals surface area contributed by atoms with Crippen LogP contribution in [0.2, 0.25) is 0 Å². The topological polar surface area (TPSA) is 55.4 Å². The number of ether oxygens (including phenoxy) is 1. The molecular formula is C15H15F2NO3S. The maximum atomic E-state index is 14.1. The molecule has 22 heavy (non-hydrogen) atoms. The number of sulfonamides is 1. The molecule has 118 valence electrons. The Labute approximate surface area is 127 Å². The Morgan fingerprint density at radius 2 is 1.73 bits per heavy atom. The van der Waals surface area contributed by atoms with Crippen molar-refractivity contribution < 1.29 is 21.9 Å². The second-order valence-corrected chi connectivity index (χ2v) is 6.27. The van der Waals surface area contributed by atoms with Crippen LogP contribution in [0.3, 0.4) is 0 Å². The summed E-state index contributed by atoms with van der Waals surface area (Å²) in [6.07, 6.45) is 0. The molecule has 2 rings (SSSR count). The van der Waals surface area contributed by atoms with Gasteiger partial charge < -0.3 is 4.74 Å². The molecule has 1 N–H and O–H groups in total. The maximum Gasteiger partial charge on any atom is 0.261 e. The van der Waals surface area contributed by atoms with Crippen molar-refractivity contribution in [1.29, 1.82) is 0 Å². The van der Waals surface area contributed by atoms with E-state index in [9.17, 15) is 17.2 Å². The fraction of sp³-hybridized carbons (Fsp3) is 0.200. The minimum absolute atomic E-state index is 0.0141. The van der Waals surface area contributed by atoms with Crippen LogP contribution in [-0.2, 0) is 10.0 Å². The van der Waals surface area contributed by atoms with E-state index in [1.165, 1.54) is 12.1 Å². The minimum Gasteiger partial charge on any atom is -0.488 e. The predicted molar refractivity (Wildman–Crippen MR) is 79.5 cm³/mol. The lowest BCUT2D eigenvalue weighted by Gasteiger charge is -2.12. The fourth-order valence-corrected chi connectivity index (χ4v) is 2.87. The van der Waals surface area contributed by atoms with Crippen molar-refractivity contribution in [1.82, 2.24) is 0 Å². The van der Waals surface area contributed by atoms with Crippen LogP contribution in [0.15, 0.2) is 41.3 Å². The molecule has 0 aliphatic heterocycles. The van der Waals surface area contributed by atoms with Gasteiger partial charge in [-0.15, -0.1) is 0 Å². The average molecular weight is 327 g/mol. The summed E-state index contributed by atoms with van der Waals surface area (Å²) in [5, 5.41) is 0. The Bertz CT molecular complexity index is 774. The number of rotatable bonds is 5. The molecule has 0 atom stereocenters. The van der Waals surface area contributed by atoms with Gasteiger partial charge in [-0.1, -0.05) is 17.7 Å². The van der Waals surface area contributed by atoms with E-state index in [4.69, 9.17) is 4.74 Å². The molecule has 0 amide bonds. The number of halogens is 2. The lowest BCUT2D eigenvalue weighted by Crippen LogP contribution is -2.14. The molecule has 0 aliphatic carbocycles. The smallest absolute Gasteiger partial charge is 0.261 e. The first-order chi connectivity index (χ1) is 10.3. The summed E-state index contributed by atoms with van der Waals surface area (Å²) in [7, 11) is -3.97. The molecule has 7 heteroatoms. The first-order valence-corrected chi connectivity index (χ1v) is 8.03. The zero-order chi connectivity index (χ0) is 16.3.